The summed E-state index contributed by atoms with van der Waals surface area (Å²) in [4.78, 5) is 2.36. The molecule has 5 nitrogen and oxygen atoms in total. The Labute approximate surface area is 151 Å². The predicted molar refractivity (Wildman–Crippen MR) is 98.8 cm³/mol. The average Bonchev–Trinajstić information content (AvgIpc) is 2.63. The second kappa shape index (κ2) is 11.5. The Balaban J connectivity index is 1.94. The van der Waals surface area contributed by atoms with E-state index in [1.807, 2.05) is 12.1 Å². The van der Waals surface area contributed by atoms with E-state index in [2.05, 4.69) is 17.0 Å². The third-order valence-corrected chi connectivity index (χ3v) is 4.78. The highest BCUT2D eigenvalue weighted by Crippen LogP contribution is 2.16. The van der Waals surface area contributed by atoms with Gasteiger partial charge in [-0.2, -0.15) is 0 Å². The lowest BCUT2D eigenvalue weighted by Crippen LogP contribution is -2.35. The smallest absolute Gasteiger partial charge is 0.119 e. The van der Waals surface area contributed by atoms with Crippen LogP contribution >= 0.6 is 0 Å². The molecule has 2 N–H and O–H groups in total. The average molecular weight is 351 g/mol. The summed E-state index contributed by atoms with van der Waals surface area (Å²) in [7, 11) is 1.68. The van der Waals surface area contributed by atoms with Gasteiger partial charge in [0, 0.05) is 19.7 Å². The monoisotopic (exact) mass is 351 g/mol. The highest BCUT2D eigenvalue weighted by molar-refractivity contribution is 5.28. The number of benzene rings is 1. The minimum absolute atomic E-state index is 0.219. The van der Waals surface area contributed by atoms with E-state index in [-0.39, 0.29) is 6.61 Å². The number of nitrogens with zero attached hydrogens (tertiary/aromatic N) is 1. The molecule has 2 atom stereocenters. The second-order valence-electron chi connectivity index (χ2n) is 6.89. The topological polar surface area (TPSA) is 62.2 Å². The van der Waals surface area contributed by atoms with Gasteiger partial charge in [0.1, 0.15) is 11.9 Å². The van der Waals surface area contributed by atoms with Crippen molar-refractivity contribution >= 4 is 0 Å². The van der Waals surface area contributed by atoms with Gasteiger partial charge in [0.25, 0.3) is 0 Å². The summed E-state index contributed by atoms with van der Waals surface area (Å²) in [6, 6.07) is 8.12. The van der Waals surface area contributed by atoms with Crippen LogP contribution in [0.4, 0.5) is 0 Å². The van der Waals surface area contributed by atoms with Crippen LogP contribution in [0.3, 0.4) is 0 Å². The van der Waals surface area contributed by atoms with Crippen molar-refractivity contribution in [2.45, 2.75) is 57.3 Å². The van der Waals surface area contributed by atoms with Gasteiger partial charge in [0.05, 0.1) is 19.8 Å². The van der Waals surface area contributed by atoms with Crippen LogP contribution in [0, 0.1) is 0 Å². The molecule has 2 rings (SSSR count). The Morgan fingerprint density at radius 1 is 1.08 bits per heavy atom. The van der Waals surface area contributed by atoms with Crippen LogP contribution in [0.15, 0.2) is 24.3 Å². The lowest BCUT2D eigenvalue weighted by molar-refractivity contribution is -0.0443. The van der Waals surface area contributed by atoms with Crippen LogP contribution in [0.25, 0.3) is 0 Å². The van der Waals surface area contributed by atoms with Crippen molar-refractivity contribution in [3.8, 4) is 5.75 Å². The van der Waals surface area contributed by atoms with E-state index in [0.717, 1.165) is 44.6 Å². The molecule has 1 fully saturated rings. The van der Waals surface area contributed by atoms with Crippen LogP contribution < -0.4 is 4.74 Å². The van der Waals surface area contributed by atoms with Gasteiger partial charge in [0.2, 0.25) is 0 Å². The van der Waals surface area contributed by atoms with Crippen molar-refractivity contribution in [2.24, 2.45) is 0 Å². The SMILES string of the molecule is COc1cccc(CN2CCCCCCCOC[C@@H](O)[C@@H](O)CC2)c1. The maximum atomic E-state index is 10.2. The third-order valence-electron chi connectivity index (χ3n) is 4.78. The molecule has 0 bridgehead atoms. The standard InChI is InChI=1S/C20H33NO4/c1-24-18-9-7-8-17(14-18)15-21-11-5-3-2-4-6-13-25-16-20(23)19(22)10-12-21/h7-9,14,19-20,22-23H,2-6,10-13,15-16H2,1H3/t19-,20+/m0/s1. The minimum Gasteiger partial charge on any atom is -0.497 e. The molecule has 1 aromatic rings. The van der Waals surface area contributed by atoms with Crippen LogP contribution in [0.2, 0.25) is 0 Å². The van der Waals surface area contributed by atoms with Crippen molar-refractivity contribution in [2.75, 3.05) is 33.4 Å². The molecule has 1 heterocycles. The molecule has 0 unspecified atom stereocenters. The zero-order chi connectivity index (χ0) is 17.9. The predicted octanol–water partition coefficient (Wildman–Crippen LogP) is 2.59. The fraction of sp³-hybridized carbons (Fsp3) is 0.700. The zero-order valence-corrected chi connectivity index (χ0v) is 15.4. The van der Waals surface area contributed by atoms with Gasteiger partial charge in [-0.25, -0.2) is 0 Å². The van der Waals surface area contributed by atoms with Crippen LogP contribution in [-0.4, -0.2) is 60.7 Å². The molecule has 0 aliphatic carbocycles. The first kappa shape index (κ1) is 20.2. The van der Waals surface area contributed by atoms with Crippen molar-refractivity contribution in [3.05, 3.63) is 29.8 Å². The second-order valence-corrected chi connectivity index (χ2v) is 6.89. The third kappa shape index (κ3) is 7.74. The van der Waals surface area contributed by atoms with Gasteiger partial charge in [-0.15, -0.1) is 0 Å². The normalized spacial score (nSPS) is 25.2. The van der Waals surface area contributed by atoms with Gasteiger partial charge in [-0.05, 0) is 43.5 Å². The van der Waals surface area contributed by atoms with Crippen molar-refractivity contribution in [3.63, 3.8) is 0 Å². The Bertz CT molecular complexity index is 483. The van der Waals surface area contributed by atoms with E-state index in [1.165, 1.54) is 18.4 Å². The minimum atomic E-state index is -0.804. The molecule has 1 saturated heterocycles. The molecule has 0 saturated carbocycles. The fourth-order valence-electron chi connectivity index (χ4n) is 3.19. The molecule has 0 radical (unpaired) electrons. The molecule has 1 aliphatic heterocycles. The van der Waals surface area contributed by atoms with Crippen LogP contribution in [0.1, 0.15) is 44.1 Å². The summed E-state index contributed by atoms with van der Waals surface area (Å²) in [5.74, 6) is 0.868. The van der Waals surface area contributed by atoms with E-state index in [4.69, 9.17) is 9.47 Å². The van der Waals surface area contributed by atoms with Crippen LogP contribution in [0.5, 0.6) is 5.75 Å². The van der Waals surface area contributed by atoms with Gasteiger partial charge in [0.15, 0.2) is 0 Å². The first-order valence-corrected chi connectivity index (χ1v) is 9.48. The zero-order valence-electron chi connectivity index (χ0n) is 15.4. The Morgan fingerprint density at radius 3 is 2.72 bits per heavy atom. The number of hydrogen-bond acceptors (Lipinski definition) is 5. The molecule has 142 valence electrons. The molecule has 5 heteroatoms. The molecule has 1 aliphatic rings. The number of ether oxygens (including phenoxy) is 2. The molecule has 0 aromatic heterocycles. The van der Waals surface area contributed by atoms with E-state index in [1.54, 1.807) is 7.11 Å². The Morgan fingerprint density at radius 2 is 1.88 bits per heavy atom. The number of aliphatic hydroxyl groups excluding tert-OH is 2. The summed E-state index contributed by atoms with van der Waals surface area (Å²) in [5.41, 5.74) is 1.21. The Kier molecular flexibility index (Phi) is 9.26. The quantitative estimate of drug-likeness (QED) is 0.876. The fourth-order valence-corrected chi connectivity index (χ4v) is 3.19. The molecule has 0 spiro atoms. The van der Waals surface area contributed by atoms with Crippen molar-refractivity contribution in [1.29, 1.82) is 0 Å². The van der Waals surface area contributed by atoms with E-state index in [9.17, 15) is 10.2 Å². The summed E-state index contributed by atoms with van der Waals surface area (Å²) < 4.78 is 10.8. The van der Waals surface area contributed by atoms with Gasteiger partial charge in [-0.1, -0.05) is 31.4 Å². The summed E-state index contributed by atoms with van der Waals surface area (Å²) in [5, 5.41) is 20.2. The number of aliphatic hydroxyl groups is 2. The first-order chi connectivity index (χ1) is 12.2. The molecular weight excluding hydrogens is 318 g/mol. The first-order valence-electron chi connectivity index (χ1n) is 9.48. The van der Waals surface area contributed by atoms with Gasteiger partial charge < -0.3 is 19.7 Å². The maximum absolute atomic E-state index is 10.2. The lowest BCUT2D eigenvalue weighted by atomic mass is 10.1. The van der Waals surface area contributed by atoms with Crippen LogP contribution in [-0.2, 0) is 11.3 Å². The summed E-state index contributed by atoms with van der Waals surface area (Å²) >= 11 is 0. The highest BCUT2D eigenvalue weighted by Gasteiger charge is 2.18. The van der Waals surface area contributed by atoms with Gasteiger partial charge in [-0.3, -0.25) is 4.90 Å². The largest absolute Gasteiger partial charge is 0.497 e. The number of rotatable bonds is 3. The molecule has 1 aromatic carbocycles. The number of hydrogen-bond donors (Lipinski definition) is 2. The lowest BCUT2D eigenvalue weighted by Gasteiger charge is -2.26. The Hall–Kier alpha value is -1.14. The maximum Gasteiger partial charge on any atom is 0.119 e. The molecule has 0 amide bonds. The van der Waals surface area contributed by atoms with Crippen molar-refractivity contribution in [1.82, 2.24) is 4.90 Å². The summed E-state index contributed by atoms with van der Waals surface area (Å²) in [6.07, 6.45) is 4.79. The number of methoxy groups -OCH3 is 1. The molecular formula is C20H33NO4. The van der Waals surface area contributed by atoms with E-state index in [0.29, 0.717) is 13.0 Å². The van der Waals surface area contributed by atoms with E-state index >= 15 is 0 Å². The van der Waals surface area contributed by atoms with E-state index < -0.39 is 12.2 Å². The highest BCUT2D eigenvalue weighted by atomic mass is 16.5. The molecule has 25 heavy (non-hydrogen) atoms. The van der Waals surface area contributed by atoms with Gasteiger partial charge >= 0.3 is 0 Å². The van der Waals surface area contributed by atoms with Crippen molar-refractivity contribution < 1.29 is 19.7 Å². The summed E-state index contributed by atoms with van der Waals surface area (Å²) in [6.45, 7) is 3.49.